The van der Waals surface area contributed by atoms with E-state index in [-0.39, 0.29) is 0 Å². The highest BCUT2D eigenvalue weighted by Gasteiger charge is 1.56. The lowest BCUT2D eigenvalue weighted by Gasteiger charge is -1.65. The molecule has 0 saturated carbocycles. The number of thioether (sulfide) groups is 1. The maximum absolute atomic E-state index is 6.64. The van der Waals surface area contributed by atoms with Gasteiger partial charge in [-0.1, -0.05) is 24.6 Å². The van der Waals surface area contributed by atoms with Crippen LogP contribution in [0.15, 0.2) is 0 Å². The second kappa shape index (κ2) is 4.91. The Kier molecular flexibility index (Phi) is 3.34. The molecule has 0 aromatic rings. The summed E-state index contributed by atoms with van der Waals surface area (Å²) in [5, 5.41) is 2.76. The average molecular weight is 102 g/mol. The molecule has 0 bridgehead atoms. The standard InChI is InChI=1S/C5H8S/c1-3-4-5-6-2/h3H2,1-2H3/i2T. The van der Waals surface area contributed by atoms with Crippen LogP contribution in [0.1, 0.15) is 14.7 Å². The maximum Gasteiger partial charge on any atom is 0.0354 e. The molecule has 0 amide bonds. The minimum Gasteiger partial charge on any atom is -0.0916 e. The van der Waals surface area contributed by atoms with E-state index in [4.69, 9.17) is 1.37 Å². The highest BCUT2D eigenvalue weighted by atomic mass is 32.2. The van der Waals surface area contributed by atoms with Crippen LogP contribution in [0.4, 0.5) is 0 Å². The molecule has 6 heavy (non-hydrogen) atoms. The molecule has 0 atom stereocenters. The molecule has 0 aliphatic heterocycles. The summed E-state index contributed by atoms with van der Waals surface area (Å²) >= 11 is 1.34. The Balaban J connectivity index is 2.91. The Morgan fingerprint density at radius 1 is 2.00 bits per heavy atom. The van der Waals surface area contributed by atoms with Crippen LogP contribution in [0.2, 0.25) is 0 Å². The molecule has 0 aliphatic rings. The van der Waals surface area contributed by atoms with Gasteiger partial charge in [-0.3, -0.25) is 0 Å². The zero-order valence-corrected chi connectivity index (χ0v) is 4.64. The summed E-state index contributed by atoms with van der Waals surface area (Å²) in [6.45, 7) is 2.00. The van der Waals surface area contributed by atoms with Gasteiger partial charge in [-0.15, -0.1) is 0 Å². The van der Waals surface area contributed by atoms with E-state index >= 15 is 0 Å². The topological polar surface area (TPSA) is 0 Å². The Hall–Kier alpha value is -0.0900. The van der Waals surface area contributed by atoms with Crippen molar-refractivity contribution in [3.63, 3.8) is 0 Å². The van der Waals surface area contributed by atoms with E-state index in [2.05, 4.69) is 11.2 Å². The molecule has 0 aromatic carbocycles. The van der Waals surface area contributed by atoms with Crippen LogP contribution in [0.5, 0.6) is 0 Å². The van der Waals surface area contributed by atoms with Crippen LogP contribution in [-0.2, 0) is 0 Å². The van der Waals surface area contributed by atoms with Gasteiger partial charge in [0.15, 0.2) is 0 Å². The van der Waals surface area contributed by atoms with Gasteiger partial charge in [-0.25, -0.2) is 0 Å². The van der Waals surface area contributed by atoms with Gasteiger partial charge in [0.05, 0.1) is 0 Å². The van der Waals surface area contributed by atoms with E-state index in [1.165, 1.54) is 11.8 Å². The van der Waals surface area contributed by atoms with Crippen molar-refractivity contribution in [2.24, 2.45) is 0 Å². The summed E-state index contributed by atoms with van der Waals surface area (Å²) in [4.78, 5) is 0. The van der Waals surface area contributed by atoms with E-state index in [9.17, 15) is 0 Å². The Labute approximate surface area is 44.7 Å². The van der Waals surface area contributed by atoms with Gasteiger partial charge in [0.2, 0.25) is 0 Å². The normalized spacial score (nSPS) is 8.50. The molecule has 0 spiro atoms. The molecular formula is C5H8S. The van der Waals surface area contributed by atoms with Crippen molar-refractivity contribution in [3.8, 4) is 11.2 Å². The van der Waals surface area contributed by atoms with E-state index in [0.717, 1.165) is 6.42 Å². The average Bonchev–Trinajstić information content (AvgIpc) is 1.69. The van der Waals surface area contributed by atoms with Crippen molar-refractivity contribution in [1.82, 2.24) is 0 Å². The van der Waals surface area contributed by atoms with Crippen LogP contribution >= 0.6 is 11.8 Å². The minimum absolute atomic E-state index is 0.354. The van der Waals surface area contributed by atoms with Gasteiger partial charge in [0, 0.05) is 7.79 Å². The molecule has 0 fully saturated rings. The molecule has 0 aromatic heterocycles. The summed E-state index contributed by atoms with van der Waals surface area (Å²) in [6.07, 6.45) is 1.25. The zero-order chi connectivity index (χ0) is 5.54. The molecule has 0 nitrogen and oxygen atoms in total. The molecule has 0 saturated heterocycles. The van der Waals surface area contributed by atoms with Gasteiger partial charge in [0.1, 0.15) is 0 Å². The second-order valence-corrected chi connectivity index (χ2v) is 1.27. The largest absolute Gasteiger partial charge is 0.0916 e. The van der Waals surface area contributed by atoms with E-state index in [1.807, 2.05) is 6.92 Å². The fourth-order valence-corrected chi connectivity index (χ4v) is 0.370. The number of hydrogen-bond acceptors (Lipinski definition) is 1. The van der Waals surface area contributed by atoms with Gasteiger partial charge in [-0.2, -0.15) is 0 Å². The Morgan fingerprint density at radius 3 is 3.33 bits per heavy atom. The van der Waals surface area contributed by atoms with Crippen molar-refractivity contribution in [1.29, 1.82) is 0 Å². The molecule has 34 valence electrons. The summed E-state index contributed by atoms with van der Waals surface area (Å²) in [7, 11) is 0. The van der Waals surface area contributed by atoms with Crippen LogP contribution in [0.3, 0.4) is 0 Å². The second-order valence-electron chi connectivity index (χ2n) is 0.777. The first-order valence-electron chi connectivity index (χ1n) is 2.51. The molecule has 0 rings (SSSR count). The van der Waals surface area contributed by atoms with Crippen molar-refractivity contribution < 1.29 is 1.37 Å². The van der Waals surface area contributed by atoms with Gasteiger partial charge < -0.3 is 0 Å². The smallest absolute Gasteiger partial charge is 0.0354 e. The lowest BCUT2D eigenvalue weighted by molar-refractivity contribution is 1.28. The Morgan fingerprint density at radius 2 is 2.83 bits per heavy atom. The number of rotatable bonds is 0. The third kappa shape index (κ3) is 3.91. The fourth-order valence-electron chi connectivity index (χ4n) is 0.123. The quantitative estimate of drug-likeness (QED) is 0.420. The van der Waals surface area contributed by atoms with Crippen LogP contribution < -0.4 is 0 Å². The highest BCUT2D eigenvalue weighted by molar-refractivity contribution is 8.03. The first-order valence-corrected chi connectivity index (χ1v) is 2.79. The van der Waals surface area contributed by atoms with E-state index in [1.54, 1.807) is 0 Å². The number of hydrogen-bond donors (Lipinski definition) is 0. The van der Waals surface area contributed by atoms with Gasteiger partial charge >= 0.3 is 0 Å². The summed E-state index contributed by atoms with van der Waals surface area (Å²) in [5.41, 5.74) is 0. The van der Waals surface area contributed by atoms with E-state index < -0.39 is 0 Å². The fraction of sp³-hybridized carbons (Fsp3) is 0.600. The zero-order valence-electron chi connectivity index (χ0n) is 4.82. The molecule has 0 aliphatic carbocycles. The third-order valence-electron chi connectivity index (χ3n) is 0.321. The van der Waals surface area contributed by atoms with Gasteiger partial charge in [-0.05, 0) is 11.5 Å². The third-order valence-corrected chi connectivity index (χ3v) is 0.610. The molecule has 0 heterocycles. The summed E-state index contributed by atoms with van der Waals surface area (Å²) in [5.74, 6) is 2.84. The molecular weight excluding hydrogens is 92.1 g/mol. The lowest BCUT2D eigenvalue weighted by Crippen LogP contribution is -1.47. The Bertz CT molecular complexity index is 79.8. The van der Waals surface area contributed by atoms with Crippen LogP contribution in [0, 0.1) is 11.2 Å². The van der Waals surface area contributed by atoms with Crippen LogP contribution in [0.25, 0.3) is 0 Å². The van der Waals surface area contributed by atoms with Crippen molar-refractivity contribution in [2.45, 2.75) is 13.3 Å². The minimum atomic E-state index is 0.354. The van der Waals surface area contributed by atoms with Crippen LogP contribution in [-0.4, -0.2) is 6.23 Å². The van der Waals surface area contributed by atoms with Crippen molar-refractivity contribution in [2.75, 3.05) is 6.23 Å². The molecule has 0 N–H and O–H groups in total. The lowest BCUT2D eigenvalue weighted by atomic mass is 10.5. The SMILES string of the molecule is [3H]CSC#CCC. The predicted octanol–water partition coefficient (Wildman–Crippen LogP) is 1.72. The highest BCUT2D eigenvalue weighted by Crippen LogP contribution is 1.83. The summed E-state index contributed by atoms with van der Waals surface area (Å²) in [6, 6.07) is 0. The first-order chi connectivity index (χ1) is 3.41. The molecule has 0 radical (unpaired) electrons. The monoisotopic (exact) mass is 102 g/mol. The maximum atomic E-state index is 6.64. The van der Waals surface area contributed by atoms with E-state index in [0.29, 0.717) is 6.23 Å². The van der Waals surface area contributed by atoms with Crippen molar-refractivity contribution in [3.05, 3.63) is 0 Å². The summed E-state index contributed by atoms with van der Waals surface area (Å²) < 4.78 is 6.64. The first kappa shape index (κ1) is 4.08. The predicted molar refractivity (Wildman–Crippen MR) is 31.6 cm³/mol. The molecule has 0 unspecified atom stereocenters. The molecule has 1 heteroatoms. The van der Waals surface area contributed by atoms with Gasteiger partial charge in [0.25, 0.3) is 0 Å². The van der Waals surface area contributed by atoms with Crippen molar-refractivity contribution >= 4 is 11.8 Å².